The molecule has 1 aromatic carbocycles. The maximum atomic E-state index is 14.4. The lowest BCUT2D eigenvalue weighted by Crippen LogP contribution is -2.39. The zero-order valence-electron chi connectivity index (χ0n) is 12.3. The van der Waals surface area contributed by atoms with Crippen LogP contribution in [0.15, 0.2) is 43.5 Å². The fraction of sp³-hybridized carbons (Fsp3) is 0.286. The Labute approximate surface area is 130 Å². The van der Waals surface area contributed by atoms with Crippen molar-refractivity contribution < 1.29 is 13.5 Å². The quantitative estimate of drug-likeness (QED) is 0.686. The van der Waals surface area contributed by atoms with Crippen molar-refractivity contribution in [3.05, 3.63) is 60.7 Å². The lowest BCUT2D eigenvalue weighted by molar-refractivity contribution is -0.0511. The molecule has 0 aliphatic heterocycles. The van der Waals surface area contributed by atoms with E-state index in [1.54, 1.807) is 0 Å². The number of rotatable bonds is 6. The van der Waals surface area contributed by atoms with Gasteiger partial charge in [-0.25, -0.2) is 28.1 Å². The summed E-state index contributed by atoms with van der Waals surface area (Å²) in [6.07, 6.45) is 5.74. The van der Waals surface area contributed by atoms with E-state index in [0.29, 0.717) is 0 Å². The molecule has 0 saturated heterocycles. The van der Waals surface area contributed by atoms with E-state index in [1.165, 1.54) is 53.9 Å². The van der Waals surface area contributed by atoms with Crippen molar-refractivity contribution in [2.24, 2.45) is 0 Å². The zero-order chi connectivity index (χ0) is 16.3. The molecule has 3 rings (SSSR count). The van der Waals surface area contributed by atoms with Gasteiger partial charge in [0.15, 0.2) is 0 Å². The van der Waals surface area contributed by atoms with Gasteiger partial charge in [-0.2, -0.15) is 10.2 Å². The Morgan fingerprint density at radius 3 is 2.09 bits per heavy atom. The van der Waals surface area contributed by atoms with Gasteiger partial charge in [0.1, 0.15) is 42.5 Å². The van der Waals surface area contributed by atoms with E-state index in [9.17, 15) is 8.78 Å². The van der Waals surface area contributed by atoms with E-state index in [1.807, 2.05) is 0 Å². The molecule has 0 bridgehead atoms. The first-order valence-corrected chi connectivity index (χ1v) is 6.78. The summed E-state index contributed by atoms with van der Waals surface area (Å²) in [4.78, 5) is 7.75. The van der Waals surface area contributed by atoms with E-state index in [-0.39, 0.29) is 18.7 Å². The second kappa shape index (κ2) is 6.21. The van der Waals surface area contributed by atoms with Crippen LogP contribution in [0, 0.1) is 11.6 Å². The largest absolute Gasteiger partial charge is 0.370 e. The molecule has 0 N–H and O–H groups in total. The highest BCUT2D eigenvalue weighted by Crippen LogP contribution is 2.31. The monoisotopic (exact) mass is 320 g/mol. The summed E-state index contributed by atoms with van der Waals surface area (Å²) in [7, 11) is 1.46. The normalized spacial score (nSPS) is 11.8. The lowest BCUT2D eigenvalue weighted by atomic mass is 9.92. The lowest BCUT2D eigenvalue weighted by Gasteiger charge is -2.32. The highest BCUT2D eigenvalue weighted by atomic mass is 19.1. The second-order valence-electron chi connectivity index (χ2n) is 5.01. The van der Waals surface area contributed by atoms with Gasteiger partial charge in [0, 0.05) is 18.7 Å². The summed E-state index contributed by atoms with van der Waals surface area (Å²) in [6, 6.07) is 3.38. The van der Waals surface area contributed by atoms with Gasteiger partial charge >= 0.3 is 0 Å². The van der Waals surface area contributed by atoms with Gasteiger partial charge in [-0.3, -0.25) is 0 Å². The van der Waals surface area contributed by atoms with Crippen molar-refractivity contribution in [3.8, 4) is 0 Å². The Bertz CT molecular complexity index is 723. The third kappa shape index (κ3) is 3.09. The second-order valence-corrected chi connectivity index (χ2v) is 5.01. The molecule has 3 aromatic rings. The Morgan fingerprint density at radius 2 is 1.65 bits per heavy atom. The minimum atomic E-state index is -1.15. The van der Waals surface area contributed by atoms with Crippen molar-refractivity contribution in [1.29, 1.82) is 0 Å². The van der Waals surface area contributed by atoms with Crippen LogP contribution in [0.25, 0.3) is 0 Å². The molecule has 0 aliphatic rings. The predicted octanol–water partition coefficient (Wildman–Crippen LogP) is 1.39. The maximum Gasteiger partial charge on any atom is 0.137 e. The Morgan fingerprint density at radius 1 is 1.04 bits per heavy atom. The molecule has 0 radical (unpaired) electrons. The first-order valence-electron chi connectivity index (χ1n) is 6.78. The summed E-state index contributed by atoms with van der Waals surface area (Å²) in [5.74, 6) is -1.36. The molecule has 120 valence electrons. The van der Waals surface area contributed by atoms with Crippen LogP contribution in [0.2, 0.25) is 0 Å². The molecule has 0 amide bonds. The molecular formula is C14H14F2N6O. The van der Waals surface area contributed by atoms with Crippen LogP contribution in [0.3, 0.4) is 0 Å². The molecule has 0 saturated carbocycles. The number of hydrogen-bond acceptors (Lipinski definition) is 5. The van der Waals surface area contributed by atoms with Crippen molar-refractivity contribution in [2.45, 2.75) is 18.7 Å². The predicted molar refractivity (Wildman–Crippen MR) is 75.1 cm³/mol. The summed E-state index contributed by atoms with van der Waals surface area (Å²) in [5.41, 5.74) is -0.952. The molecule has 0 unspecified atom stereocenters. The Hall–Kier alpha value is -2.68. The van der Waals surface area contributed by atoms with Gasteiger partial charge in [0.25, 0.3) is 0 Å². The number of halogens is 2. The molecule has 9 heteroatoms. The molecule has 7 nitrogen and oxygen atoms in total. The molecule has 2 aromatic heterocycles. The number of hydrogen-bond donors (Lipinski definition) is 0. The van der Waals surface area contributed by atoms with Crippen LogP contribution in [-0.4, -0.2) is 36.6 Å². The van der Waals surface area contributed by atoms with Crippen molar-refractivity contribution in [1.82, 2.24) is 29.5 Å². The fourth-order valence-corrected chi connectivity index (χ4v) is 2.47. The molecule has 0 atom stereocenters. The molecule has 23 heavy (non-hydrogen) atoms. The van der Waals surface area contributed by atoms with Crippen molar-refractivity contribution in [2.75, 3.05) is 7.11 Å². The fourth-order valence-electron chi connectivity index (χ4n) is 2.47. The van der Waals surface area contributed by atoms with Crippen LogP contribution in [0.1, 0.15) is 5.56 Å². The van der Waals surface area contributed by atoms with Crippen LogP contribution in [0.5, 0.6) is 0 Å². The summed E-state index contributed by atoms with van der Waals surface area (Å²) < 4.78 is 36.3. The van der Waals surface area contributed by atoms with Gasteiger partial charge in [0.2, 0.25) is 0 Å². The number of aromatic nitrogens is 6. The standard InChI is InChI=1S/C14H14F2N6O/c1-23-14(5-21-9-17-7-19-21,6-22-10-18-8-20-22)12-3-2-11(15)4-13(12)16/h2-4,7-10H,5-6H2,1H3. The third-order valence-electron chi connectivity index (χ3n) is 3.58. The molecule has 0 spiro atoms. The first kappa shape index (κ1) is 15.2. The highest BCUT2D eigenvalue weighted by Gasteiger charge is 2.37. The van der Waals surface area contributed by atoms with Gasteiger partial charge in [-0.15, -0.1) is 0 Å². The van der Waals surface area contributed by atoms with Gasteiger partial charge in [-0.1, -0.05) is 6.07 Å². The zero-order valence-corrected chi connectivity index (χ0v) is 12.3. The van der Waals surface area contributed by atoms with Gasteiger partial charge < -0.3 is 4.74 Å². The molecule has 0 fully saturated rings. The summed E-state index contributed by atoms with van der Waals surface area (Å²) in [6.45, 7) is 0.345. The molecule has 2 heterocycles. The topological polar surface area (TPSA) is 70.7 Å². The highest BCUT2D eigenvalue weighted by molar-refractivity contribution is 5.25. The van der Waals surface area contributed by atoms with Crippen LogP contribution in [-0.2, 0) is 23.4 Å². The number of ether oxygens (including phenoxy) is 1. The number of nitrogens with zero attached hydrogens (tertiary/aromatic N) is 6. The van der Waals surface area contributed by atoms with E-state index in [0.717, 1.165) is 6.07 Å². The Balaban J connectivity index is 2.06. The summed E-state index contributed by atoms with van der Waals surface area (Å²) in [5, 5.41) is 8.07. The van der Waals surface area contributed by atoms with Crippen LogP contribution >= 0.6 is 0 Å². The van der Waals surface area contributed by atoms with Crippen LogP contribution < -0.4 is 0 Å². The SMILES string of the molecule is COC(Cn1cncn1)(Cn1cncn1)c1ccc(F)cc1F. The van der Waals surface area contributed by atoms with Crippen molar-refractivity contribution >= 4 is 0 Å². The minimum Gasteiger partial charge on any atom is -0.370 e. The van der Waals surface area contributed by atoms with E-state index in [2.05, 4.69) is 20.2 Å². The maximum absolute atomic E-state index is 14.4. The van der Waals surface area contributed by atoms with Gasteiger partial charge in [-0.05, 0) is 6.07 Å². The molecule has 0 aliphatic carbocycles. The van der Waals surface area contributed by atoms with E-state index < -0.39 is 17.2 Å². The third-order valence-corrected chi connectivity index (χ3v) is 3.58. The van der Waals surface area contributed by atoms with Gasteiger partial charge in [0.05, 0.1) is 13.1 Å². The number of benzene rings is 1. The van der Waals surface area contributed by atoms with Crippen LogP contribution in [0.4, 0.5) is 8.78 Å². The average molecular weight is 320 g/mol. The first-order chi connectivity index (χ1) is 11.1. The molecular weight excluding hydrogens is 306 g/mol. The minimum absolute atomic E-state index is 0.173. The van der Waals surface area contributed by atoms with Crippen molar-refractivity contribution in [3.63, 3.8) is 0 Å². The van der Waals surface area contributed by atoms with E-state index in [4.69, 9.17) is 4.74 Å². The summed E-state index contributed by atoms with van der Waals surface area (Å²) >= 11 is 0. The Kier molecular flexibility index (Phi) is 4.11. The average Bonchev–Trinajstić information content (AvgIpc) is 3.20. The van der Waals surface area contributed by atoms with E-state index >= 15 is 0 Å². The number of methoxy groups -OCH3 is 1. The smallest absolute Gasteiger partial charge is 0.137 e.